The molecule has 138 valence electrons. The van der Waals surface area contributed by atoms with Crippen LogP contribution in [0.25, 0.3) is 6.08 Å². The maximum atomic E-state index is 13.7. The average Bonchev–Trinajstić information content (AvgIpc) is 3.06. The number of carbonyl (C=O) groups is 1. The van der Waals surface area contributed by atoms with Gasteiger partial charge in [-0.25, -0.2) is 9.37 Å². The molecule has 7 heteroatoms. The minimum Gasteiger partial charge on any atom is -0.487 e. The molecule has 1 amide bonds. The lowest BCUT2D eigenvalue weighted by molar-refractivity contribution is -0.111. The van der Waals surface area contributed by atoms with Gasteiger partial charge in [0.1, 0.15) is 18.2 Å². The Morgan fingerprint density at radius 1 is 1.33 bits per heavy atom. The number of anilines is 1. The van der Waals surface area contributed by atoms with Gasteiger partial charge < -0.3 is 10.1 Å². The van der Waals surface area contributed by atoms with Crippen molar-refractivity contribution in [3.05, 3.63) is 81.0 Å². The molecule has 3 rings (SSSR count). The van der Waals surface area contributed by atoms with Crippen molar-refractivity contribution >= 4 is 40.6 Å². The van der Waals surface area contributed by atoms with E-state index < -0.39 is 11.7 Å². The van der Waals surface area contributed by atoms with Gasteiger partial charge in [-0.05, 0) is 48.9 Å². The number of aryl methyl sites for hydroxylation is 1. The first kappa shape index (κ1) is 19.1. The summed E-state index contributed by atoms with van der Waals surface area (Å²) in [4.78, 5) is 16.3. The van der Waals surface area contributed by atoms with Crippen LogP contribution >= 0.6 is 22.9 Å². The maximum absolute atomic E-state index is 13.7. The molecule has 0 bridgehead atoms. The van der Waals surface area contributed by atoms with E-state index in [1.807, 2.05) is 36.6 Å². The topological polar surface area (TPSA) is 51.2 Å². The number of nitrogens with one attached hydrogen (secondary N) is 1. The maximum Gasteiger partial charge on any atom is 0.248 e. The summed E-state index contributed by atoms with van der Waals surface area (Å²) in [5.41, 5.74) is 1.74. The largest absolute Gasteiger partial charge is 0.487 e. The Kier molecular flexibility index (Phi) is 6.21. The van der Waals surface area contributed by atoms with Crippen LogP contribution in [0.4, 0.5) is 10.1 Å². The van der Waals surface area contributed by atoms with Crippen LogP contribution < -0.4 is 10.1 Å². The first-order valence-corrected chi connectivity index (χ1v) is 9.33. The Hall–Kier alpha value is -2.70. The number of amides is 1. The zero-order valence-corrected chi connectivity index (χ0v) is 16.0. The van der Waals surface area contributed by atoms with E-state index in [0.717, 1.165) is 22.3 Å². The second-order valence-corrected chi connectivity index (χ2v) is 7.16. The number of carbonyl (C=O) groups excluding carboxylic acids is 1. The molecular weight excluding hydrogens is 387 g/mol. The third kappa shape index (κ3) is 5.64. The van der Waals surface area contributed by atoms with Crippen LogP contribution in [0, 0.1) is 12.7 Å². The number of halogens is 2. The van der Waals surface area contributed by atoms with Gasteiger partial charge in [0.05, 0.1) is 16.4 Å². The highest BCUT2D eigenvalue weighted by atomic mass is 35.5. The molecule has 0 aliphatic rings. The Morgan fingerprint density at radius 2 is 2.19 bits per heavy atom. The Bertz CT molecular complexity index is 988. The molecule has 0 atom stereocenters. The summed E-state index contributed by atoms with van der Waals surface area (Å²) in [6, 6.07) is 11.4. The fraction of sp³-hybridized carbons (Fsp3) is 0.100. The second-order valence-electron chi connectivity index (χ2n) is 5.67. The van der Waals surface area contributed by atoms with Gasteiger partial charge in [0.25, 0.3) is 0 Å². The average molecular weight is 403 g/mol. The number of nitrogens with zero attached hydrogens (tertiary/aromatic N) is 1. The smallest absolute Gasteiger partial charge is 0.248 e. The molecule has 0 radical (unpaired) electrons. The third-order valence-corrected chi connectivity index (χ3v) is 4.58. The summed E-state index contributed by atoms with van der Waals surface area (Å²) in [5, 5.41) is 5.69. The van der Waals surface area contributed by atoms with Crippen LogP contribution in [0.2, 0.25) is 5.02 Å². The molecule has 0 spiro atoms. The van der Waals surface area contributed by atoms with E-state index in [1.165, 1.54) is 18.2 Å². The normalized spacial score (nSPS) is 10.9. The van der Waals surface area contributed by atoms with Crippen molar-refractivity contribution in [2.24, 2.45) is 0 Å². The van der Waals surface area contributed by atoms with E-state index in [9.17, 15) is 9.18 Å². The minimum absolute atomic E-state index is 0.0738. The van der Waals surface area contributed by atoms with Crippen molar-refractivity contribution in [1.82, 2.24) is 4.98 Å². The van der Waals surface area contributed by atoms with Crippen LogP contribution in [0.1, 0.15) is 16.3 Å². The van der Waals surface area contributed by atoms with Crippen LogP contribution in [0.3, 0.4) is 0 Å². The van der Waals surface area contributed by atoms with E-state index >= 15 is 0 Å². The van der Waals surface area contributed by atoms with Gasteiger partial charge in [0, 0.05) is 16.5 Å². The van der Waals surface area contributed by atoms with Crippen molar-refractivity contribution in [3.63, 3.8) is 0 Å². The van der Waals surface area contributed by atoms with Crippen LogP contribution in [0.15, 0.2) is 53.9 Å². The lowest BCUT2D eigenvalue weighted by Gasteiger charge is -2.05. The fourth-order valence-corrected chi connectivity index (χ4v) is 3.03. The zero-order chi connectivity index (χ0) is 19.2. The van der Waals surface area contributed by atoms with Crippen molar-refractivity contribution in [3.8, 4) is 5.75 Å². The standard InChI is InChI=1S/C20H16ClFN2O2S/c1-13-23-16(12-27-13)11-26-17-4-2-3-14(9-17)5-8-20(25)24-19-7-6-15(21)10-18(19)22/h2-10,12H,11H2,1H3,(H,24,25)/b8-5+. The fourth-order valence-electron chi connectivity index (χ4n) is 2.28. The second kappa shape index (κ2) is 8.79. The summed E-state index contributed by atoms with van der Waals surface area (Å²) in [6.45, 7) is 2.33. The van der Waals surface area contributed by atoms with E-state index in [0.29, 0.717) is 12.4 Å². The predicted molar refractivity (Wildman–Crippen MR) is 107 cm³/mol. The van der Waals surface area contributed by atoms with Gasteiger partial charge >= 0.3 is 0 Å². The Morgan fingerprint density at radius 3 is 2.93 bits per heavy atom. The first-order valence-electron chi connectivity index (χ1n) is 8.07. The highest BCUT2D eigenvalue weighted by Gasteiger charge is 2.05. The Balaban J connectivity index is 1.60. The van der Waals surface area contributed by atoms with Gasteiger partial charge in [-0.1, -0.05) is 23.7 Å². The monoisotopic (exact) mass is 402 g/mol. The van der Waals surface area contributed by atoms with E-state index in [1.54, 1.807) is 17.4 Å². The van der Waals surface area contributed by atoms with E-state index in [4.69, 9.17) is 16.3 Å². The molecular formula is C20H16ClFN2O2S. The number of hydrogen-bond acceptors (Lipinski definition) is 4. The van der Waals surface area contributed by atoms with Gasteiger partial charge in [-0.3, -0.25) is 4.79 Å². The molecule has 0 aliphatic heterocycles. The molecule has 27 heavy (non-hydrogen) atoms. The SMILES string of the molecule is Cc1nc(COc2cccc(/C=C/C(=O)Nc3ccc(Cl)cc3F)c2)cs1. The molecule has 1 N–H and O–H groups in total. The molecule has 4 nitrogen and oxygen atoms in total. The quantitative estimate of drug-likeness (QED) is 0.556. The molecule has 0 aliphatic carbocycles. The number of aromatic nitrogens is 1. The van der Waals surface area contributed by atoms with Crippen molar-refractivity contribution < 1.29 is 13.9 Å². The Labute approximate surface area is 165 Å². The molecule has 3 aromatic rings. The molecule has 0 fully saturated rings. The molecule has 0 saturated heterocycles. The lowest BCUT2D eigenvalue weighted by Crippen LogP contribution is -2.09. The molecule has 1 aromatic heterocycles. The third-order valence-electron chi connectivity index (χ3n) is 3.53. The summed E-state index contributed by atoms with van der Waals surface area (Å²) in [7, 11) is 0. The van der Waals surface area contributed by atoms with Crippen molar-refractivity contribution in [2.45, 2.75) is 13.5 Å². The number of benzene rings is 2. The highest BCUT2D eigenvalue weighted by molar-refractivity contribution is 7.09. The first-order chi connectivity index (χ1) is 13.0. The zero-order valence-electron chi connectivity index (χ0n) is 14.4. The number of rotatable bonds is 6. The molecule has 2 aromatic carbocycles. The minimum atomic E-state index is -0.586. The van der Waals surface area contributed by atoms with Gasteiger partial charge in [0.2, 0.25) is 5.91 Å². The van der Waals surface area contributed by atoms with Gasteiger partial charge in [0.15, 0.2) is 0 Å². The van der Waals surface area contributed by atoms with Crippen LogP contribution in [-0.2, 0) is 11.4 Å². The summed E-state index contributed by atoms with van der Waals surface area (Å²) < 4.78 is 19.4. The van der Waals surface area contributed by atoms with Crippen molar-refractivity contribution in [1.29, 1.82) is 0 Å². The summed E-state index contributed by atoms with van der Waals surface area (Å²) >= 11 is 7.27. The van der Waals surface area contributed by atoms with Crippen LogP contribution in [-0.4, -0.2) is 10.9 Å². The van der Waals surface area contributed by atoms with E-state index in [-0.39, 0.29) is 10.7 Å². The summed E-state index contributed by atoms with van der Waals surface area (Å²) in [5.74, 6) is -0.357. The van der Waals surface area contributed by atoms with Gasteiger partial charge in [-0.15, -0.1) is 11.3 Å². The lowest BCUT2D eigenvalue weighted by atomic mass is 10.2. The number of ether oxygens (including phenoxy) is 1. The van der Waals surface area contributed by atoms with E-state index in [2.05, 4.69) is 10.3 Å². The number of thiazole rings is 1. The predicted octanol–water partition coefficient (Wildman–Crippen LogP) is 5.47. The molecule has 0 saturated carbocycles. The van der Waals surface area contributed by atoms with Gasteiger partial charge in [-0.2, -0.15) is 0 Å². The van der Waals surface area contributed by atoms with Crippen LogP contribution in [0.5, 0.6) is 5.75 Å². The highest BCUT2D eigenvalue weighted by Crippen LogP contribution is 2.20. The van der Waals surface area contributed by atoms with Crippen molar-refractivity contribution in [2.75, 3.05) is 5.32 Å². The molecule has 0 unspecified atom stereocenters. The number of hydrogen-bond donors (Lipinski definition) is 1. The molecule has 1 heterocycles. The summed E-state index contributed by atoms with van der Waals surface area (Å²) in [6.07, 6.45) is 2.96.